The SMILES string of the molecule is C=CC(=O)OC(OC(=O)C=C)(OC(=O)C=C)OP(=O)(O)O. The van der Waals surface area contributed by atoms with Gasteiger partial charge in [-0.25, -0.2) is 18.9 Å². The van der Waals surface area contributed by atoms with Gasteiger partial charge in [-0.1, -0.05) is 19.7 Å². The van der Waals surface area contributed by atoms with Gasteiger partial charge in [-0.05, 0) is 0 Å². The maximum atomic E-state index is 11.1. The summed E-state index contributed by atoms with van der Waals surface area (Å²) in [5.74, 6) is -4.13. The Bertz CT molecular complexity index is 461. The van der Waals surface area contributed by atoms with Crippen molar-refractivity contribution in [3.8, 4) is 0 Å². The van der Waals surface area contributed by atoms with Crippen LogP contribution in [0.4, 0.5) is 0 Å². The van der Waals surface area contributed by atoms with E-state index in [-0.39, 0.29) is 0 Å². The van der Waals surface area contributed by atoms with Crippen LogP contribution in [-0.4, -0.2) is 33.9 Å². The second-order valence-electron chi connectivity index (χ2n) is 2.96. The molecule has 2 N–H and O–H groups in total. The molecule has 0 bridgehead atoms. The Morgan fingerprint density at radius 2 is 1.14 bits per heavy atom. The summed E-state index contributed by atoms with van der Waals surface area (Å²) >= 11 is 0. The average molecular weight is 322 g/mol. The molecular formula is C10H11O10P. The average Bonchev–Trinajstić information content (AvgIpc) is 2.35. The van der Waals surface area contributed by atoms with Crippen molar-refractivity contribution >= 4 is 25.7 Å². The molecule has 0 aliphatic rings. The van der Waals surface area contributed by atoms with E-state index in [0.29, 0.717) is 18.2 Å². The minimum absolute atomic E-state index is 0.529. The molecule has 11 heteroatoms. The van der Waals surface area contributed by atoms with E-state index >= 15 is 0 Å². The van der Waals surface area contributed by atoms with Crippen LogP contribution in [0.25, 0.3) is 0 Å². The number of esters is 3. The lowest BCUT2D eigenvalue weighted by atomic mass is 10.6. The first-order valence-electron chi connectivity index (χ1n) is 4.90. The molecule has 0 aromatic carbocycles. The van der Waals surface area contributed by atoms with Crippen LogP contribution in [0.15, 0.2) is 38.0 Å². The summed E-state index contributed by atoms with van der Waals surface area (Å²) in [6, 6.07) is 0. The molecular weight excluding hydrogens is 311 g/mol. The van der Waals surface area contributed by atoms with E-state index < -0.39 is 31.9 Å². The molecule has 0 radical (unpaired) electrons. The van der Waals surface area contributed by atoms with Gasteiger partial charge in [0.15, 0.2) is 0 Å². The third-order valence-electron chi connectivity index (χ3n) is 1.41. The molecule has 10 nitrogen and oxygen atoms in total. The van der Waals surface area contributed by atoms with Crippen molar-refractivity contribution < 1.29 is 47.5 Å². The normalized spacial score (nSPS) is 11.0. The molecule has 0 atom stereocenters. The van der Waals surface area contributed by atoms with Crippen LogP contribution in [0.1, 0.15) is 0 Å². The minimum Gasteiger partial charge on any atom is -0.359 e. The fraction of sp³-hybridized carbons (Fsp3) is 0.100. The lowest BCUT2D eigenvalue weighted by molar-refractivity contribution is -0.418. The van der Waals surface area contributed by atoms with Crippen molar-refractivity contribution in [1.82, 2.24) is 0 Å². The van der Waals surface area contributed by atoms with Gasteiger partial charge >= 0.3 is 31.9 Å². The molecule has 0 saturated heterocycles. The number of rotatable bonds is 8. The number of hydrogen-bond donors (Lipinski definition) is 2. The Kier molecular flexibility index (Phi) is 6.70. The molecule has 21 heavy (non-hydrogen) atoms. The van der Waals surface area contributed by atoms with E-state index in [1.807, 2.05) is 0 Å². The molecule has 0 aliphatic carbocycles. The maximum Gasteiger partial charge on any atom is 0.576 e. The molecule has 0 spiro atoms. The molecule has 0 amide bonds. The molecule has 0 aliphatic heterocycles. The molecule has 0 heterocycles. The Labute approximate surface area is 118 Å². The lowest BCUT2D eigenvalue weighted by Gasteiger charge is -2.28. The molecule has 0 saturated carbocycles. The molecule has 0 rings (SSSR count). The summed E-state index contributed by atoms with van der Waals surface area (Å²) in [6.45, 7) is 8.98. The van der Waals surface area contributed by atoms with E-state index in [2.05, 4.69) is 38.5 Å². The highest BCUT2D eigenvalue weighted by Crippen LogP contribution is 2.43. The smallest absolute Gasteiger partial charge is 0.359 e. The van der Waals surface area contributed by atoms with E-state index in [9.17, 15) is 18.9 Å². The van der Waals surface area contributed by atoms with Crippen molar-refractivity contribution in [3.05, 3.63) is 38.0 Å². The van der Waals surface area contributed by atoms with E-state index in [4.69, 9.17) is 9.79 Å². The Hall–Kier alpha value is -2.26. The number of carbonyl (C=O) groups excluding carboxylic acids is 3. The highest BCUT2D eigenvalue weighted by Gasteiger charge is 2.51. The third-order valence-corrected chi connectivity index (χ3v) is 1.87. The molecule has 0 aromatic heterocycles. The second-order valence-corrected chi connectivity index (χ2v) is 4.12. The van der Waals surface area contributed by atoms with Crippen LogP contribution < -0.4 is 0 Å². The molecule has 116 valence electrons. The van der Waals surface area contributed by atoms with Crippen molar-refractivity contribution in [2.45, 2.75) is 6.16 Å². The number of phosphoric acid groups is 1. The van der Waals surface area contributed by atoms with Gasteiger partial charge in [0.2, 0.25) is 0 Å². The predicted octanol–water partition coefficient (Wildman–Crippen LogP) is -0.105. The maximum absolute atomic E-state index is 11.1. The first kappa shape index (κ1) is 18.7. The van der Waals surface area contributed by atoms with Crippen LogP contribution >= 0.6 is 7.82 Å². The summed E-state index contributed by atoms with van der Waals surface area (Å²) in [7, 11) is -5.42. The summed E-state index contributed by atoms with van der Waals surface area (Å²) in [5, 5.41) is 0. The summed E-state index contributed by atoms with van der Waals surface area (Å²) in [6.07, 6.45) is -1.88. The largest absolute Gasteiger partial charge is 0.576 e. The van der Waals surface area contributed by atoms with Crippen LogP contribution in [0, 0.1) is 0 Å². The highest BCUT2D eigenvalue weighted by molar-refractivity contribution is 7.46. The van der Waals surface area contributed by atoms with Gasteiger partial charge in [0.05, 0.1) is 0 Å². The van der Waals surface area contributed by atoms with Crippen LogP contribution in [0.5, 0.6) is 0 Å². The van der Waals surface area contributed by atoms with E-state index in [0.717, 1.165) is 0 Å². The van der Waals surface area contributed by atoms with Gasteiger partial charge < -0.3 is 24.0 Å². The summed E-state index contributed by atoms with van der Waals surface area (Å²) in [4.78, 5) is 50.9. The number of ether oxygens (including phenoxy) is 3. The first-order valence-corrected chi connectivity index (χ1v) is 6.43. The van der Waals surface area contributed by atoms with Gasteiger partial charge in [-0.15, -0.1) is 0 Å². The summed E-state index contributed by atoms with van der Waals surface area (Å²) < 4.78 is 27.6. The zero-order valence-electron chi connectivity index (χ0n) is 10.5. The Morgan fingerprint density at radius 3 is 1.33 bits per heavy atom. The van der Waals surface area contributed by atoms with Gasteiger partial charge in [-0.2, -0.15) is 4.52 Å². The monoisotopic (exact) mass is 322 g/mol. The topological polar surface area (TPSA) is 146 Å². The lowest BCUT2D eigenvalue weighted by Crippen LogP contribution is -2.45. The molecule has 0 unspecified atom stereocenters. The van der Waals surface area contributed by atoms with Crippen molar-refractivity contribution in [2.24, 2.45) is 0 Å². The van der Waals surface area contributed by atoms with Gasteiger partial charge in [-0.3, -0.25) is 0 Å². The quantitative estimate of drug-likeness (QED) is 0.268. The zero-order valence-corrected chi connectivity index (χ0v) is 11.4. The van der Waals surface area contributed by atoms with Gasteiger partial charge in [0.25, 0.3) is 0 Å². The van der Waals surface area contributed by atoms with Crippen molar-refractivity contribution in [2.75, 3.05) is 0 Å². The number of phosphoric ester groups is 1. The van der Waals surface area contributed by atoms with E-state index in [1.165, 1.54) is 0 Å². The van der Waals surface area contributed by atoms with Gasteiger partial charge in [0, 0.05) is 18.2 Å². The predicted molar refractivity (Wildman–Crippen MR) is 64.7 cm³/mol. The van der Waals surface area contributed by atoms with Crippen LogP contribution in [0.3, 0.4) is 0 Å². The Morgan fingerprint density at radius 1 is 0.857 bits per heavy atom. The minimum atomic E-state index is -5.42. The van der Waals surface area contributed by atoms with Crippen LogP contribution in [-0.2, 0) is 37.7 Å². The Balaban J connectivity index is 5.70. The van der Waals surface area contributed by atoms with Crippen molar-refractivity contribution in [1.29, 1.82) is 0 Å². The fourth-order valence-electron chi connectivity index (χ4n) is 0.759. The fourth-order valence-corrected chi connectivity index (χ4v) is 1.16. The number of hydrogen-bond acceptors (Lipinski definition) is 8. The third kappa shape index (κ3) is 7.18. The highest BCUT2D eigenvalue weighted by atomic mass is 31.2. The molecule has 0 aromatic rings. The van der Waals surface area contributed by atoms with Crippen molar-refractivity contribution in [3.63, 3.8) is 0 Å². The zero-order chi connectivity index (χ0) is 16.7. The summed E-state index contributed by atoms with van der Waals surface area (Å²) in [5.41, 5.74) is 0. The number of carbonyl (C=O) groups is 3. The van der Waals surface area contributed by atoms with Gasteiger partial charge in [0.1, 0.15) is 0 Å². The molecule has 0 fully saturated rings. The van der Waals surface area contributed by atoms with E-state index in [1.54, 1.807) is 0 Å². The van der Waals surface area contributed by atoms with Crippen LogP contribution in [0.2, 0.25) is 0 Å². The standard InChI is InChI=1S/C10H11O10P/c1-4-7(11)17-10(18-8(12)5-2,19-9(13)6-3)20-21(14,15)16/h4-6H,1-3H2,(H2,14,15,16). The second kappa shape index (κ2) is 7.50. The first-order chi connectivity index (χ1) is 9.57.